The lowest BCUT2D eigenvalue weighted by Crippen LogP contribution is -2.45. The van der Waals surface area contributed by atoms with Crippen molar-refractivity contribution < 1.29 is 14.5 Å². The van der Waals surface area contributed by atoms with Gasteiger partial charge in [-0.25, -0.2) is 0 Å². The minimum atomic E-state index is -0.477. The van der Waals surface area contributed by atoms with Crippen LogP contribution in [0, 0.1) is 26.9 Å². The van der Waals surface area contributed by atoms with Gasteiger partial charge in [-0.1, -0.05) is 39.0 Å². The van der Waals surface area contributed by atoms with Gasteiger partial charge in [-0.2, -0.15) is 0 Å². The van der Waals surface area contributed by atoms with Crippen molar-refractivity contribution in [3.63, 3.8) is 0 Å². The summed E-state index contributed by atoms with van der Waals surface area (Å²) in [4.78, 5) is 42.6. The van der Waals surface area contributed by atoms with Gasteiger partial charge in [-0.05, 0) is 29.7 Å². The predicted molar refractivity (Wildman–Crippen MR) is 108 cm³/mol. The van der Waals surface area contributed by atoms with E-state index in [2.05, 4.69) is 27.7 Å². The summed E-state index contributed by atoms with van der Waals surface area (Å²) in [6, 6.07) is 3.18. The molecule has 1 saturated carbocycles. The minimum absolute atomic E-state index is 0.0211. The summed E-state index contributed by atoms with van der Waals surface area (Å²) < 4.78 is 0. The topological polar surface area (TPSA) is 89.6 Å². The average molecular weight is 401 g/mol. The highest BCUT2D eigenvalue weighted by Crippen LogP contribution is 2.52. The number of hydrogen-bond donors (Lipinski definition) is 0. The first-order chi connectivity index (χ1) is 13.0. The molecule has 1 aliphatic heterocycles. The molecule has 0 radical (unpaired) electrons. The SMILES string of the molecule is CC1(C)CC(=O)C2C(=NC3=C(C(=O)CC(C)(C)C3)[C@H]2c2ccc([N+](=O)[O-])s2)C1. The molecule has 2 atom stereocenters. The van der Waals surface area contributed by atoms with E-state index in [4.69, 9.17) is 4.99 Å². The Balaban J connectivity index is 1.89. The summed E-state index contributed by atoms with van der Waals surface area (Å²) in [6.45, 7) is 8.24. The first-order valence-electron chi connectivity index (χ1n) is 9.58. The number of aliphatic imine (C=N–C) groups is 1. The summed E-state index contributed by atoms with van der Waals surface area (Å²) in [6.07, 6.45) is 2.23. The van der Waals surface area contributed by atoms with Gasteiger partial charge in [0.05, 0.1) is 10.8 Å². The molecule has 0 amide bonds. The Morgan fingerprint density at radius 2 is 1.71 bits per heavy atom. The molecular formula is C21H24N2O4S. The molecule has 0 spiro atoms. The van der Waals surface area contributed by atoms with Gasteiger partial charge in [0.2, 0.25) is 0 Å². The van der Waals surface area contributed by atoms with E-state index in [9.17, 15) is 19.7 Å². The van der Waals surface area contributed by atoms with Crippen LogP contribution in [0.1, 0.15) is 64.2 Å². The van der Waals surface area contributed by atoms with Gasteiger partial charge in [0.15, 0.2) is 5.78 Å². The number of nitro groups is 1. The molecule has 28 heavy (non-hydrogen) atoms. The minimum Gasteiger partial charge on any atom is -0.299 e. The molecular weight excluding hydrogens is 376 g/mol. The highest BCUT2D eigenvalue weighted by atomic mass is 32.1. The fraction of sp³-hybridized carbons (Fsp3) is 0.571. The molecule has 0 aromatic carbocycles. The van der Waals surface area contributed by atoms with Crippen molar-refractivity contribution in [2.75, 3.05) is 0 Å². The molecule has 1 aromatic rings. The summed E-state index contributed by atoms with van der Waals surface area (Å²) in [5.74, 6) is -0.809. The van der Waals surface area contributed by atoms with Crippen LogP contribution in [-0.4, -0.2) is 22.2 Å². The van der Waals surface area contributed by atoms with E-state index in [1.165, 1.54) is 6.07 Å². The van der Waals surface area contributed by atoms with E-state index in [-0.39, 0.29) is 27.4 Å². The van der Waals surface area contributed by atoms with E-state index in [0.29, 0.717) is 31.3 Å². The molecule has 1 fully saturated rings. The molecule has 4 rings (SSSR count). The van der Waals surface area contributed by atoms with E-state index in [1.54, 1.807) is 6.07 Å². The van der Waals surface area contributed by atoms with Crippen LogP contribution in [0.5, 0.6) is 0 Å². The number of allylic oxidation sites excluding steroid dienone is 2. The second-order valence-corrected chi connectivity index (χ2v) is 10.9. The van der Waals surface area contributed by atoms with E-state index in [1.807, 2.05) is 0 Å². The predicted octanol–water partition coefficient (Wildman–Crippen LogP) is 4.84. The van der Waals surface area contributed by atoms with Gasteiger partial charge >= 0.3 is 5.00 Å². The second kappa shape index (κ2) is 6.17. The van der Waals surface area contributed by atoms with Crippen molar-refractivity contribution in [1.29, 1.82) is 0 Å². The number of thiophene rings is 1. The van der Waals surface area contributed by atoms with Crippen LogP contribution in [0.25, 0.3) is 0 Å². The molecule has 0 saturated heterocycles. The number of carbonyl (C=O) groups excluding carboxylic acids is 2. The zero-order valence-corrected chi connectivity index (χ0v) is 17.4. The second-order valence-electron chi connectivity index (χ2n) is 9.78. The van der Waals surface area contributed by atoms with Crippen LogP contribution < -0.4 is 0 Å². The molecule has 3 aliphatic rings. The summed E-state index contributed by atoms with van der Waals surface area (Å²) in [5.41, 5.74) is 1.89. The number of hydrogen-bond acceptors (Lipinski definition) is 6. The maximum absolute atomic E-state index is 13.1. The van der Waals surface area contributed by atoms with Crippen molar-refractivity contribution in [3.05, 3.63) is 38.4 Å². The third kappa shape index (κ3) is 3.15. The molecule has 0 N–H and O–H groups in total. The number of ketones is 2. The van der Waals surface area contributed by atoms with E-state index >= 15 is 0 Å². The average Bonchev–Trinajstić information content (AvgIpc) is 3.00. The van der Waals surface area contributed by atoms with Crippen molar-refractivity contribution in [2.45, 2.75) is 59.3 Å². The third-order valence-electron chi connectivity index (χ3n) is 5.94. The Morgan fingerprint density at radius 3 is 2.36 bits per heavy atom. The molecule has 0 bridgehead atoms. The van der Waals surface area contributed by atoms with Crippen LogP contribution >= 0.6 is 11.3 Å². The molecule has 2 aliphatic carbocycles. The highest BCUT2D eigenvalue weighted by molar-refractivity contribution is 7.15. The Morgan fingerprint density at radius 1 is 1.04 bits per heavy atom. The smallest absolute Gasteiger partial charge is 0.299 e. The van der Waals surface area contributed by atoms with Crippen molar-refractivity contribution >= 4 is 33.6 Å². The zero-order valence-electron chi connectivity index (χ0n) is 16.6. The lowest BCUT2D eigenvalue weighted by atomic mass is 9.61. The summed E-state index contributed by atoms with van der Waals surface area (Å²) in [7, 11) is 0. The number of nitrogens with zero attached hydrogens (tertiary/aromatic N) is 2. The number of Topliss-reactive ketones (excluding diaryl/α,β-unsaturated/α-hetero) is 2. The normalized spacial score (nSPS) is 28.5. The van der Waals surface area contributed by atoms with Crippen molar-refractivity contribution in [2.24, 2.45) is 21.7 Å². The van der Waals surface area contributed by atoms with Crippen molar-refractivity contribution in [3.8, 4) is 0 Å². The fourth-order valence-corrected chi connectivity index (χ4v) is 5.90. The quantitative estimate of drug-likeness (QED) is 0.524. The zero-order chi connectivity index (χ0) is 20.4. The first-order valence-corrected chi connectivity index (χ1v) is 10.4. The Hall–Kier alpha value is -2.15. The van der Waals surface area contributed by atoms with E-state index in [0.717, 1.165) is 27.6 Å². The van der Waals surface area contributed by atoms with Crippen LogP contribution in [0.2, 0.25) is 0 Å². The number of fused-ring (bicyclic) bond motifs is 1. The molecule has 1 aromatic heterocycles. The van der Waals surface area contributed by atoms with Crippen LogP contribution in [0.3, 0.4) is 0 Å². The fourth-order valence-electron chi connectivity index (χ4n) is 4.93. The van der Waals surface area contributed by atoms with Gasteiger partial charge in [0.25, 0.3) is 0 Å². The number of rotatable bonds is 2. The highest BCUT2D eigenvalue weighted by Gasteiger charge is 2.50. The Kier molecular flexibility index (Phi) is 4.23. The van der Waals surface area contributed by atoms with Gasteiger partial charge < -0.3 is 0 Å². The van der Waals surface area contributed by atoms with Crippen LogP contribution in [0.15, 0.2) is 28.4 Å². The molecule has 2 heterocycles. The molecule has 6 nitrogen and oxygen atoms in total. The molecule has 7 heteroatoms. The lowest BCUT2D eigenvalue weighted by molar-refractivity contribution is -0.380. The summed E-state index contributed by atoms with van der Waals surface area (Å²) >= 11 is 1.07. The molecule has 1 unspecified atom stereocenters. The van der Waals surface area contributed by atoms with Gasteiger partial charge in [-0.3, -0.25) is 24.7 Å². The van der Waals surface area contributed by atoms with Gasteiger partial charge in [0, 0.05) is 46.7 Å². The monoisotopic (exact) mass is 400 g/mol. The van der Waals surface area contributed by atoms with Crippen molar-refractivity contribution in [1.82, 2.24) is 0 Å². The van der Waals surface area contributed by atoms with Crippen LogP contribution in [-0.2, 0) is 9.59 Å². The van der Waals surface area contributed by atoms with Gasteiger partial charge in [-0.15, -0.1) is 0 Å². The third-order valence-corrected chi connectivity index (χ3v) is 7.06. The van der Waals surface area contributed by atoms with E-state index < -0.39 is 16.8 Å². The lowest BCUT2D eigenvalue weighted by Gasteiger charge is -2.43. The Labute approximate surface area is 167 Å². The maximum atomic E-state index is 13.1. The first kappa shape index (κ1) is 19.2. The number of carbonyl (C=O) groups is 2. The maximum Gasteiger partial charge on any atom is 0.324 e. The standard InChI is InChI=1S/C21H24N2O4S/c1-20(2)7-11-17(13(24)9-20)19(15-5-6-16(28-15)23(26)27)18-12(22-11)8-21(3,4)10-14(18)25/h5-6,17,19H,7-10H2,1-4H3/t17?,19-/m0/s1. The Bertz CT molecular complexity index is 967. The summed E-state index contributed by atoms with van der Waals surface area (Å²) in [5, 5.41) is 11.2. The largest absolute Gasteiger partial charge is 0.324 e. The molecule has 148 valence electrons. The van der Waals surface area contributed by atoms with Gasteiger partial charge in [0.1, 0.15) is 5.78 Å². The van der Waals surface area contributed by atoms with Crippen LogP contribution in [0.4, 0.5) is 5.00 Å².